The first-order chi connectivity index (χ1) is 6.77. The lowest BCUT2D eigenvalue weighted by Crippen LogP contribution is -2.13. The van der Waals surface area contributed by atoms with Gasteiger partial charge in [-0.1, -0.05) is 18.2 Å². The van der Waals surface area contributed by atoms with Crippen molar-refractivity contribution in [3.8, 4) is 0 Å². The second kappa shape index (κ2) is 3.89. The average molecular weight is 209 g/mol. The highest BCUT2D eigenvalue weighted by Crippen LogP contribution is 2.18. The maximum Gasteiger partial charge on any atom is 0.142 e. The Hall–Kier alpha value is -1.20. The number of nitrogens with two attached hydrogens (primary N) is 1. The smallest absolute Gasteiger partial charge is 0.142 e. The molecule has 14 heavy (non-hydrogen) atoms. The zero-order valence-electron chi connectivity index (χ0n) is 7.59. The van der Waals surface area contributed by atoms with Crippen molar-refractivity contribution in [2.24, 2.45) is 10.2 Å². The molecule has 0 saturated heterocycles. The standard InChI is InChI=1S/C9H11N3OS/c10-14(13)9-6-7-12(11-9)8-4-2-1-3-5-8/h1-5H,6-7,10H2. The Morgan fingerprint density at radius 3 is 2.64 bits per heavy atom. The second-order valence-corrected chi connectivity index (χ2v) is 4.07. The van der Waals surface area contributed by atoms with Crippen molar-refractivity contribution >= 4 is 21.7 Å². The molecule has 1 aromatic carbocycles. The van der Waals surface area contributed by atoms with Gasteiger partial charge < -0.3 is 0 Å². The van der Waals surface area contributed by atoms with E-state index in [1.54, 1.807) is 0 Å². The van der Waals surface area contributed by atoms with Gasteiger partial charge in [-0.05, 0) is 12.1 Å². The van der Waals surface area contributed by atoms with E-state index in [9.17, 15) is 4.21 Å². The van der Waals surface area contributed by atoms with Crippen LogP contribution in [0.5, 0.6) is 0 Å². The van der Waals surface area contributed by atoms with Crippen LogP contribution in [0.4, 0.5) is 5.69 Å². The Kier molecular flexibility index (Phi) is 2.60. The van der Waals surface area contributed by atoms with E-state index >= 15 is 0 Å². The molecule has 0 fully saturated rings. The van der Waals surface area contributed by atoms with Gasteiger partial charge in [-0.3, -0.25) is 5.01 Å². The third kappa shape index (κ3) is 1.83. The predicted octanol–water partition coefficient (Wildman–Crippen LogP) is 0.833. The highest BCUT2D eigenvalue weighted by Gasteiger charge is 2.18. The van der Waals surface area contributed by atoms with Crippen molar-refractivity contribution in [2.45, 2.75) is 6.42 Å². The summed E-state index contributed by atoms with van der Waals surface area (Å²) in [6.07, 6.45) is 0.679. The fourth-order valence-corrected chi connectivity index (χ4v) is 1.84. The number of hydrogen-bond acceptors (Lipinski definition) is 3. The van der Waals surface area contributed by atoms with Gasteiger partial charge in [-0.2, -0.15) is 5.10 Å². The minimum atomic E-state index is -1.43. The predicted molar refractivity (Wildman–Crippen MR) is 58.2 cm³/mol. The van der Waals surface area contributed by atoms with E-state index in [4.69, 9.17) is 5.14 Å². The summed E-state index contributed by atoms with van der Waals surface area (Å²) >= 11 is 0. The van der Waals surface area contributed by atoms with Gasteiger partial charge >= 0.3 is 0 Å². The first-order valence-electron chi connectivity index (χ1n) is 4.33. The molecule has 1 heterocycles. The van der Waals surface area contributed by atoms with Gasteiger partial charge in [0.1, 0.15) is 16.0 Å². The van der Waals surface area contributed by atoms with Crippen LogP contribution in [0.1, 0.15) is 6.42 Å². The molecule has 74 valence electrons. The molecule has 0 radical (unpaired) electrons. The van der Waals surface area contributed by atoms with E-state index in [2.05, 4.69) is 5.10 Å². The quantitative estimate of drug-likeness (QED) is 0.744. The van der Waals surface area contributed by atoms with Crippen molar-refractivity contribution < 1.29 is 4.21 Å². The first-order valence-corrected chi connectivity index (χ1v) is 5.55. The molecule has 1 unspecified atom stereocenters. The number of rotatable bonds is 1. The van der Waals surface area contributed by atoms with Crippen LogP contribution in [0.25, 0.3) is 0 Å². The van der Waals surface area contributed by atoms with Crippen molar-refractivity contribution in [3.05, 3.63) is 30.3 Å². The van der Waals surface area contributed by atoms with Gasteiger partial charge in [-0.15, -0.1) is 0 Å². The van der Waals surface area contributed by atoms with Gasteiger partial charge in [0.05, 0.1) is 5.69 Å². The highest BCUT2D eigenvalue weighted by atomic mass is 32.2. The number of anilines is 1. The molecular formula is C9H11N3OS. The largest absolute Gasteiger partial charge is 0.264 e. The Bertz CT molecular complexity index is 377. The molecule has 0 aromatic heterocycles. The number of hydrazone groups is 1. The van der Waals surface area contributed by atoms with Gasteiger partial charge in [-0.25, -0.2) is 9.35 Å². The molecule has 1 aromatic rings. The normalized spacial score (nSPS) is 18.1. The number of para-hydroxylation sites is 1. The maximum absolute atomic E-state index is 11.0. The molecule has 2 rings (SSSR count). The lowest BCUT2D eigenvalue weighted by atomic mass is 10.3. The van der Waals surface area contributed by atoms with Crippen LogP contribution >= 0.6 is 0 Å². The minimum Gasteiger partial charge on any atom is -0.264 e. The van der Waals surface area contributed by atoms with Crippen LogP contribution in [-0.4, -0.2) is 15.8 Å². The molecule has 0 spiro atoms. The van der Waals surface area contributed by atoms with Crippen LogP contribution in [0.15, 0.2) is 35.4 Å². The summed E-state index contributed by atoms with van der Waals surface area (Å²) in [5.74, 6) is 0. The fourth-order valence-electron chi connectivity index (χ4n) is 1.36. The summed E-state index contributed by atoms with van der Waals surface area (Å²) in [4.78, 5) is 0. The van der Waals surface area contributed by atoms with Crippen molar-refractivity contribution in [1.29, 1.82) is 0 Å². The van der Waals surface area contributed by atoms with Crippen LogP contribution in [-0.2, 0) is 11.0 Å². The van der Waals surface area contributed by atoms with E-state index in [1.807, 2.05) is 35.3 Å². The van der Waals surface area contributed by atoms with Crippen molar-refractivity contribution in [2.75, 3.05) is 11.6 Å². The number of nitrogens with zero attached hydrogens (tertiary/aromatic N) is 2. The van der Waals surface area contributed by atoms with Gasteiger partial charge in [0, 0.05) is 13.0 Å². The van der Waals surface area contributed by atoms with Crippen LogP contribution in [0, 0.1) is 0 Å². The van der Waals surface area contributed by atoms with Gasteiger partial charge in [0.15, 0.2) is 0 Å². The third-order valence-corrected chi connectivity index (χ3v) is 2.81. The summed E-state index contributed by atoms with van der Waals surface area (Å²) in [5.41, 5.74) is 1.01. The molecule has 0 aliphatic carbocycles. The number of hydrogen-bond donors (Lipinski definition) is 1. The lowest BCUT2D eigenvalue weighted by molar-refractivity contribution is 0.690. The topological polar surface area (TPSA) is 58.7 Å². The molecule has 0 saturated carbocycles. The van der Waals surface area contributed by atoms with E-state index in [0.717, 1.165) is 12.2 Å². The second-order valence-electron chi connectivity index (χ2n) is 3.00. The van der Waals surface area contributed by atoms with Gasteiger partial charge in [0.2, 0.25) is 0 Å². The molecule has 2 N–H and O–H groups in total. The molecule has 1 aliphatic rings. The van der Waals surface area contributed by atoms with Gasteiger partial charge in [0.25, 0.3) is 0 Å². The molecule has 0 bridgehead atoms. The third-order valence-electron chi connectivity index (χ3n) is 2.06. The van der Waals surface area contributed by atoms with E-state index in [1.165, 1.54) is 0 Å². The summed E-state index contributed by atoms with van der Waals surface area (Å²) in [6.45, 7) is 0.752. The van der Waals surface area contributed by atoms with E-state index in [0.29, 0.717) is 11.5 Å². The molecule has 1 aliphatic heterocycles. The fraction of sp³-hybridized carbons (Fsp3) is 0.222. The Morgan fingerprint density at radius 2 is 2.07 bits per heavy atom. The Morgan fingerprint density at radius 1 is 1.36 bits per heavy atom. The van der Waals surface area contributed by atoms with Crippen molar-refractivity contribution in [3.63, 3.8) is 0 Å². The zero-order chi connectivity index (χ0) is 9.97. The molecular weight excluding hydrogens is 198 g/mol. The summed E-state index contributed by atoms with van der Waals surface area (Å²) < 4.78 is 11.0. The minimum absolute atomic E-state index is 0.564. The number of benzene rings is 1. The van der Waals surface area contributed by atoms with E-state index in [-0.39, 0.29) is 0 Å². The lowest BCUT2D eigenvalue weighted by Gasteiger charge is -2.12. The first kappa shape index (κ1) is 9.36. The van der Waals surface area contributed by atoms with Crippen LogP contribution in [0.2, 0.25) is 0 Å². The molecule has 1 atom stereocenters. The van der Waals surface area contributed by atoms with Crippen molar-refractivity contribution in [1.82, 2.24) is 0 Å². The summed E-state index contributed by atoms with van der Waals surface area (Å²) in [7, 11) is -1.43. The monoisotopic (exact) mass is 209 g/mol. The van der Waals surface area contributed by atoms with Crippen LogP contribution in [0.3, 0.4) is 0 Å². The molecule has 0 amide bonds. The zero-order valence-corrected chi connectivity index (χ0v) is 8.41. The SMILES string of the molecule is NS(=O)C1=NN(c2ccccc2)CC1. The van der Waals surface area contributed by atoms with Crippen LogP contribution < -0.4 is 10.1 Å². The Balaban J connectivity index is 2.20. The summed E-state index contributed by atoms with van der Waals surface area (Å²) in [5, 5.41) is 11.8. The molecule has 4 nitrogen and oxygen atoms in total. The van der Waals surface area contributed by atoms with E-state index < -0.39 is 11.0 Å². The Labute approximate surface area is 85.0 Å². The summed E-state index contributed by atoms with van der Waals surface area (Å²) in [6, 6.07) is 9.77. The average Bonchev–Trinajstić information content (AvgIpc) is 2.68. The maximum atomic E-state index is 11.0. The molecule has 5 heteroatoms. The highest BCUT2D eigenvalue weighted by molar-refractivity contribution is 7.98.